The largest absolute Gasteiger partial charge is 0.417 e. The normalized spacial score (nSPS) is 15.2. The minimum atomic E-state index is -4.96. The second-order valence-corrected chi connectivity index (χ2v) is 16.9. The van der Waals surface area contributed by atoms with E-state index in [1.165, 1.54) is 24.4 Å². The lowest BCUT2D eigenvalue weighted by Gasteiger charge is -2.24. The highest BCUT2D eigenvalue weighted by Gasteiger charge is 2.39. The average molecular weight is 682 g/mol. The summed E-state index contributed by atoms with van der Waals surface area (Å²) in [6, 6.07) is 9.36. The van der Waals surface area contributed by atoms with Crippen molar-refractivity contribution in [3.05, 3.63) is 76.6 Å². The van der Waals surface area contributed by atoms with Crippen molar-refractivity contribution in [3.63, 3.8) is 0 Å². The quantitative estimate of drug-likeness (QED) is 0.247. The van der Waals surface area contributed by atoms with Gasteiger partial charge in [0.1, 0.15) is 0 Å². The van der Waals surface area contributed by atoms with Crippen molar-refractivity contribution in [1.82, 2.24) is 14.6 Å². The fraction of sp³-hybridized carbons (Fsp3) is 0.485. The Kier molecular flexibility index (Phi) is 10.5. The molecule has 1 saturated carbocycles. The van der Waals surface area contributed by atoms with Crippen LogP contribution in [0.25, 0.3) is 5.69 Å². The molecule has 0 atom stereocenters. The summed E-state index contributed by atoms with van der Waals surface area (Å²) in [4.78, 5) is 12.8. The van der Waals surface area contributed by atoms with Crippen LogP contribution in [-0.2, 0) is 39.0 Å². The molecule has 3 aromatic rings. The molecule has 13 heteroatoms. The predicted octanol–water partition coefficient (Wildman–Crippen LogP) is 6.73. The molecule has 252 valence electrons. The Morgan fingerprint density at radius 1 is 0.957 bits per heavy atom. The number of benzene rings is 2. The summed E-state index contributed by atoms with van der Waals surface area (Å²) in [6.07, 6.45) is 2.29. The molecule has 0 aliphatic heterocycles. The van der Waals surface area contributed by atoms with Gasteiger partial charge in [-0.1, -0.05) is 51.2 Å². The van der Waals surface area contributed by atoms with Crippen LogP contribution in [0.1, 0.15) is 92.5 Å². The van der Waals surface area contributed by atoms with Gasteiger partial charge < -0.3 is 9.88 Å². The molecule has 2 aromatic carbocycles. The maximum absolute atomic E-state index is 14.4. The molecule has 0 bridgehead atoms. The van der Waals surface area contributed by atoms with Crippen LogP contribution < -0.4 is 10.0 Å². The number of alkyl halides is 3. The third-order valence-electron chi connectivity index (χ3n) is 8.23. The van der Waals surface area contributed by atoms with Crippen LogP contribution in [0.4, 0.5) is 13.2 Å². The van der Waals surface area contributed by atoms with E-state index in [2.05, 4.69) is 10.0 Å². The number of sulfonamides is 1. The van der Waals surface area contributed by atoms with Gasteiger partial charge in [-0.3, -0.25) is 4.79 Å². The molecule has 2 N–H and O–H groups in total. The number of sulfone groups is 1. The summed E-state index contributed by atoms with van der Waals surface area (Å²) in [7, 11) is -7.87. The van der Waals surface area contributed by atoms with Gasteiger partial charge in [-0.05, 0) is 81.5 Å². The van der Waals surface area contributed by atoms with Crippen molar-refractivity contribution in [2.75, 3.05) is 5.75 Å². The SMILES string of the molecule is CCS(=O)(=O)c1ccc(CNC(=O)c2cn(-c3ccc(S(=O)(=O)NC(C)(C)C)c(C(F)(F)F)c3)c(CC3CCCCC3)c2C)cc1. The Hall–Kier alpha value is -3.16. The Labute approximate surface area is 269 Å². The first kappa shape index (κ1) is 35.7. The minimum absolute atomic E-state index is 0.0284. The van der Waals surface area contributed by atoms with Gasteiger partial charge >= 0.3 is 6.18 Å². The van der Waals surface area contributed by atoms with E-state index in [1.807, 2.05) is 0 Å². The van der Waals surface area contributed by atoms with Gasteiger partial charge in [0.2, 0.25) is 10.0 Å². The van der Waals surface area contributed by atoms with Gasteiger partial charge in [0.15, 0.2) is 9.84 Å². The number of amides is 1. The van der Waals surface area contributed by atoms with Crippen molar-refractivity contribution < 1.29 is 34.8 Å². The summed E-state index contributed by atoms with van der Waals surface area (Å²) < 4.78 is 97.3. The highest BCUT2D eigenvalue weighted by atomic mass is 32.2. The number of carbonyl (C=O) groups excluding carboxylic acids is 1. The van der Waals surface area contributed by atoms with Gasteiger partial charge in [-0.25, -0.2) is 21.6 Å². The summed E-state index contributed by atoms with van der Waals surface area (Å²) in [5, 5.41) is 2.84. The van der Waals surface area contributed by atoms with Gasteiger partial charge in [-0.2, -0.15) is 13.2 Å². The van der Waals surface area contributed by atoms with E-state index in [9.17, 15) is 34.8 Å². The van der Waals surface area contributed by atoms with Crippen molar-refractivity contribution in [2.24, 2.45) is 5.92 Å². The topological polar surface area (TPSA) is 114 Å². The van der Waals surface area contributed by atoms with Crippen LogP contribution in [0.3, 0.4) is 0 Å². The van der Waals surface area contributed by atoms with Crippen LogP contribution in [-0.4, -0.2) is 38.6 Å². The van der Waals surface area contributed by atoms with E-state index in [-0.39, 0.29) is 28.4 Å². The summed E-state index contributed by atoms with van der Waals surface area (Å²) in [5.74, 6) is -0.164. The first-order chi connectivity index (χ1) is 21.3. The molecule has 1 aliphatic rings. The minimum Gasteiger partial charge on any atom is -0.348 e. The molecule has 0 radical (unpaired) electrons. The third-order valence-corrected chi connectivity index (χ3v) is 11.8. The van der Waals surface area contributed by atoms with E-state index >= 15 is 0 Å². The number of nitrogens with one attached hydrogen (secondary N) is 2. The molecular formula is C33H42F3N3O5S2. The van der Waals surface area contributed by atoms with Crippen LogP contribution in [0.15, 0.2) is 58.5 Å². The molecule has 1 aliphatic carbocycles. The van der Waals surface area contributed by atoms with Crippen molar-refractivity contribution in [1.29, 1.82) is 0 Å². The molecule has 1 fully saturated rings. The van der Waals surface area contributed by atoms with Crippen molar-refractivity contribution >= 4 is 25.8 Å². The lowest BCUT2D eigenvalue weighted by molar-refractivity contribution is -0.139. The molecule has 46 heavy (non-hydrogen) atoms. The highest BCUT2D eigenvalue weighted by Crippen LogP contribution is 2.37. The van der Waals surface area contributed by atoms with Gasteiger partial charge in [-0.15, -0.1) is 0 Å². The van der Waals surface area contributed by atoms with E-state index in [0.717, 1.165) is 44.2 Å². The Morgan fingerprint density at radius 3 is 2.15 bits per heavy atom. The van der Waals surface area contributed by atoms with Crippen molar-refractivity contribution in [3.8, 4) is 5.69 Å². The lowest BCUT2D eigenvalue weighted by atomic mass is 9.85. The van der Waals surface area contributed by atoms with E-state index in [1.54, 1.807) is 51.3 Å². The number of aromatic nitrogens is 1. The Balaban J connectivity index is 1.72. The summed E-state index contributed by atoms with van der Waals surface area (Å²) in [5.41, 5.74) is 0.102. The Bertz CT molecular complexity index is 1790. The molecule has 0 unspecified atom stereocenters. The van der Waals surface area contributed by atoms with E-state index in [4.69, 9.17) is 0 Å². The number of hydrogen-bond donors (Lipinski definition) is 2. The second-order valence-electron chi connectivity index (χ2n) is 13.0. The predicted molar refractivity (Wildman–Crippen MR) is 171 cm³/mol. The molecule has 1 amide bonds. The highest BCUT2D eigenvalue weighted by molar-refractivity contribution is 7.91. The van der Waals surface area contributed by atoms with Crippen LogP contribution >= 0.6 is 0 Å². The molecule has 8 nitrogen and oxygen atoms in total. The number of rotatable bonds is 10. The molecule has 1 aromatic heterocycles. The number of carbonyl (C=O) groups is 1. The zero-order chi connectivity index (χ0) is 34.1. The van der Waals surface area contributed by atoms with E-state index < -0.39 is 47.9 Å². The third kappa shape index (κ3) is 8.40. The van der Waals surface area contributed by atoms with Crippen LogP contribution in [0, 0.1) is 12.8 Å². The molecule has 1 heterocycles. The molecule has 0 spiro atoms. The monoisotopic (exact) mass is 681 g/mol. The van der Waals surface area contributed by atoms with E-state index in [0.29, 0.717) is 29.2 Å². The zero-order valence-corrected chi connectivity index (χ0v) is 28.4. The van der Waals surface area contributed by atoms with Crippen LogP contribution in [0.5, 0.6) is 0 Å². The standard InChI is InChI=1S/C33H42F3N3O5S2/c1-6-45(41,42)26-15-12-24(13-16-26)20-37-31(40)27-21-39(29(22(27)2)18-23-10-8-7-9-11-23)25-14-17-30(28(19-25)33(34,35)36)46(43,44)38-32(3,4)5/h12-17,19,21,23,38H,6-11,18,20H2,1-5H3,(H,37,40). The fourth-order valence-corrected chi connectivity index (χ4v) is 8.37. The van der Waals surface area contributed by atoms with Gasteiger partial charge in [0, 0.05) is 29.7 Å². The fourth-order valence-electron chi connectivity index (χ4n) is 5.86. The zero-order valence-electron chi connectivity index (χ0n) is 26.8. The number of nitrogens with zero attached hydrogens (tertiary/aromatic N) is 1. The smallest absolute Gasteiger partial charge is 0.348 e. The second kappa shape index (κ2) is 13.5. The average Bonchev–Trinajstić information content (AvgIpc) is 3.30. The van der Waals surface area contributed by atoms with Crippen LogP contribution in [0.2, 0.25) is 0 Å². The number of halogens is 3. The first-order valence-electron chi connectivity index (χ1n) is 15.4. The maximum atomic E-state index is 14.4. The maximum Gasteiger partial charge on any atom is 0.417 e. The Morgan fingerprint density at radius 2 is 1.59 bits per heavy atom. The lowest BCUT2D eigenvalue weighted by Crippen LogP contribution is -2.41. The van der Waals surface area contributed by atoms with Crippen molar-refractivity contribution in [2.45, 2.75) is 101 Å². The molecule has 0 saturated heterocycles. The van der Waals surface area contributed by atoms with Gasteiger partial charge in [0.05, 0.1) is 26.7 Å². The first-order valence-corrected chi connectivity index (χ1v) is 18.5. The van der Waals surface area contributed by atoms with Gasteiger partial charge in [0.25, 0.3) is 5.91 Å². The molecule has 4 rings (SSSR count). The number of hydrogen-bond acceptors (Lipinski definition) is 5. The summed E-state index contributed by atoms with van der Waals surface area (Å²) in [6.45, 7) is 8.08. The summed E-state index contributed by atoms with van der Waals surface area (Å²) >= 11 is 0. The molecular weight excluding hydrogens is 640 g/mol.